The molecule has 0 spiro atoms. The molecule has 0 atom stereocenters. The van der Waals surface area contributed by atoms with Gasteiger partial charge in [0.2, 0.25) is 0 Å². The lowest BCUT2D eigenvalue weighted by molar-refractivity contribution is 1.48. The summed E-state index contributed by atoms with van der Waals surface area (Å²) in [5.41, 5.74) is 2.68. The van der Waals surface area contributed by atoms with Crippen molar-refractivity contribution in [3.63, 3.8) is 0 Å². The van der Waals surface area contributed by atoms with E-state index in [1.807, 2.05) is 0 Å². The second kappa shape index (κ2) is 3.34. The molecule has 0 saturated carbocycles. The first-order valence-electron chi connectivity index (χ1n) is 5.64. The fourth-order valence-electron chi connectivity index (χ4n) is 2.40. The number of hydrogen-bond acceptors (Lipinski definition) is 0. The predicted molar refractivity (Wildman–Crippen MR) is 70.9 cm³/mol. The average molecular weight is 206 g/mol. The van der Waals surface area contributed by atoms with Crippen molar-refractivity contribution >= 4 is 21.5 Å². The fraction of sp³-hybridized carbons (Fsp3) is 0.125. The van der Waals surface area contributed by atoms with Crippen LogP contribution in [0.4, 0.5) is 0 Å². The topological polar surface area (TPSA) is 0 Å². The van der Waals surface area contributed by atoms with Crippen LogP contribution >= 0.6 is 0 Å². The van der Waals surface area contributed by atoms with Gasteiger partial charge in [0.15, 0.2) is 0 Å². The van der Waals surface area contributed by atoms with Gasteiger partial charge in [0.1, 0.15) is 0 Å². The minimum absolute atomic E-state index is 1.32. The van der Waals surface area contributed by atoms with E-state index in [4.69, 9.17) is 0 Å². The lowest BCUT2D eigenvalue weighted by Gasteiger charge is -2.08. The van der Waals surface area contributed by atoms with E-state index in [9.17, 15) is 0 Å². The van der Waals surface area contributed by atoms with Gasteiger partial charge in [-0.1, -0.05) is 54.1 Å². The van der Waals surface area contributed by atoms with Gasteiger partial charge in [-0.2, -0.15) is 0 Å². The Kier molecular flexibility index (Phi) is 1.97. The van der Waals surface area contributed by atoms with Crippen molar-refractivity contribution in [3.8, 4) is 0 Å². The molecule has 0 aliphatic carbocycles. The highest BCUT2D eigenvalue weighted by Crippen LogP contribution is 2.28. The zero-order valence-electron chi connectivity index (χ0n) is 9.62. The predicted octanol–water partition coefficient (Wildman–Crippen LogP) is 4.61. The Morgan fingerprint density at radius 2 is 1.50 bits per heavy atom. The van der Waals surface area contributed by atoms with Gasteiger partial charge in [-0.15, -0.1) is 0 Å². The molecule has 16 heavy (non-hydrogen) atoms. The number of hydrogen-bond donors (Lipinski definition) is 0. The van der Waals surface area contributed by atoms with Crippen LogP contribution in [0.5, 0.6) is 0 Å². The molecule has 0 heterocycles. The van der Waals surface area contributed by atoms with Crippen molar-refractivity contribution in [3.05, 3.63) is 59.7 Å². The molecule has 0 saturated heterocycles. The first-order chi connectivity index (χ1) is 7.75. The summed E-state index contributed by atoms with van der Waals surface area (Å²) in [6.45, 7) is 4.34. The standard InChI is InChI=1S/C16H14/c1-11-7-8-15-14-6-4-3-5-13(14)10-12(2)16(15)9-11/h3-10H,1-2H3. The van der Waals surface area contributed by atoms with E-state index in [-0.39, 0.29) is 0 Å². The van der Waals surface area contributed by atoms with Crippen molar-refractivity contribution in [1.29, 1.82) is 0 Å². The van der Waals surface area contributed by atoms with Gasteiger partial charge in [0.05, 0.1) is 0 Å². The summed E-state index contributed by atoms with van der Waals surface area (Å²) in [6.07, 6.45) is 0. The maximum atomic E-state index is 2.27. The Balaban J connectivity index is 2.59. The molecule has 0 unspecified atom stereocenters. The van der Waals surface area contributed by atoms with E-state index in [2.05, 4.69) is 62.4 Å². The average Bonchev–Trinajstić information content (AvgIpc) is 2.29. The number of benzene rings is 3. The molecule has 0 aliphatic rings. The second-order valence-electron chi connectivity index (χ2n) is 4.46. The Bertz CT molecular complexity index is 678. The van der Waals surface area contributed by atoms with Crippen LogP contribution in [0.1, 0.15) is 11.1 Å². The van der Waals surface area contributed by atoms with Gasteiger partial charge in [-0.25, -0.2) is 0 Å². The summed E-state index contributed by atoms with van der Waals surface area (Å²) in [6, 6.07) is 17.6. The maximum absolute atomic E-state index is 2.27. The number of aryl methyl sites for hydroxylation is 2. The molecule has 0 aromatic heterocycles. The van der Waals surface area contributed by atoms with Crippen molar-refractivity contribution in [1.82, 2.24) is 0 Å². The van der Waals surface area contributed by atoms with Crippen molar-refractivity contribution in [2.24, 2.45) is 0 Å². The van der Waals surface area contributed by atoms with Crippen LogP contribution in [0.15, 0.2) is 48.5 Å². The molecule has 78 valence electrons. The Hall–Kier alpha value is -1.82. The van der Waals surface area contributed by atoms with Crippen LogP contribution in [0.3, 0.4) is 0 Å². The molecule has 0 heteroatoms. The van der Waals surface area contributed by atoms with E-state index < -0.39 is 0 Å². The summed E-state index contributed by atoms with van der Waals surface area (Å²) in [5, 5.41) is 5.42. The third kappa shape index (κ3) is 1.30. The third-order valence-corrected chi connectivity index (χ3v) is 3.22. The van der Waals surface area contributed by atoms with Crippen molar-refractivity contribution in [2.75, 3.05) is 0 Å². The molecule has 0 N–H and O–H groups in total. The van der Waals surface area contributed by atoms with Crippen LogP contribution < -0.4 is 0 Å². The molecular weight excluding hydrogens is 192 g/mol. The Morgan fingerprint density at radius 1 is 0.688 bits per heavy atom. The molecule has 0 nitrogen and oxygen atoms in total. The molecule has 0 radical (unpaired) electrons. The van der Waals surface area contributed by atoms with Crippen LogP contribution in [-0.4, -0.2) is 0 Å². The molecule has 0 bridgehead atoms. The summed E-state index contributed by atoms with van der Waals surface area (Å²) >= 11 is 0. The highest BCUT2D eigenvalue weighted by Gasteiger charge is 2.03. The molecule has 3 aromatic rings. The van der Waals surface area contributed by atoms with Crippen molar-refractivity contribution < 1.29 is 0 Å². The zero-order valence-corrected chi connectivity index (χ0v) is 9.62. The minimum atomic E-state index is 1.32. The minimum Gasteiger partial charge on any atom is -0.0616 e. The normalized spacial score (nSPS) is 11.1. The largest absolute Gasteiger partial charge is 0.0616 e. The lowest BCUT2D eigenvalue weighted by Crippen LogP contribution is -1.83. The SMILES string of the molecule is Cc1ccc2c(c1)c(C)cc1ccccc12. The number of fused-ring (bicyclic) bond motifs is 3. The monoisotopic (exact) mass is 206 g/mol. The molecule has 0 aliphatic heterocycles. The Labute approximate surface area is 95.5 Å². The Morgan fingerprint density at radius 3 is 2.38 bits per heavy atom. The smallest absolute Gasteiger partial charge is 0.0103 e. The van der Waals surface area contributed by atoms with Crippen LogP contribution in [0, 0.1) is 13.8 Å². The van der Waals surface area contributed by atoms with E-state index in [0.717, 1.165) is 0 Å². The van der Waals surface area contributed by atoms with E-state index in [1.54, 1.807) is 0 Å². The van der Waals surface area contributed by atoms with E-state index >= 15 is 0 Å². The van der Waals surface area contributed by atoms with Gasteiger partial charge in [0.25, 0.3) is 0 Å². The maximum Gasteiger partial charge on any atom is -0.0103 e. The quantitative estimate of drug-likeness (QED) is 0.471. The van der Waals surface area contributed by atoms with Gasteiger partial charge < -0.3 is 0 Å². The highest BCUT2D eigenvalue weighted by atomic mass is 14.1. The van der Waals surface area contributed by atoms with Crippen molar-refractivity contribution in [2.45, 2.75) is 13.8 Å². The van der Waals surface area contributed by atoms with Crippen LogP contribution in [0.25, 0.3) is 21.5 Å². The molecular formula is C16H14. The van der Waals surface area contributed by atoms with Gasteiger partial charge in [-0.05, 0) is 41.0 Å². The van der Waals surface area contributed by atoms with Gasteiger partial charge >= 0.3 is 0 Å². The van der Waals surface area contributed by atoms with E-state index in [1.165, 1.54) is 32.7 Å². The first kappa shape index (κ1) is 9.41. The van der Waals surface area contributed by atoms with Gasteiger partial charge in [-0.3, -0.25) is 0 Å². The molecule has 0 amide bonds. The second-order valence-corrected chi connectivity index (χ2v) is 4.46. The van der Waals surface area contributed by atoms with Crippen LogP contribution in [-0.2, 0) is 0 Å². The first-order valence-corrected chi connectivity index (χ1v) is 5.64. The fourth-order valence-corrected chi connectivity index (χ4v) is 2.40. The van der Waals surface area contributed by atoms with Gasteiger partial charge in [0, 0.05) is 0 Å². The van der Waals surface area contributed by atoms with E-state index in [0.29, 0.717) is 0 Å². The summed E-state index contributed by atoms with van der Waals surface area (Å²) in [5.74, 6) is 0. The molecule has 3 rings (SSSR count). The summed E-state index contributed by atoms with van der Waals surface area (Å²) < 4.78 is 0. The lowest BCUT2D eigenvalue weighted by atomic mass is 9.97. The highest BCUT2D eigenvalue weighted by molar-refractivity contribution is 6.09. The number of rotatable bonds is 0. The molecule has 0 fully saturated rings. The summed E-state index contributed by atoms with van der Waals surface area (Å²) in [7, 11) is 0. The summed E-state index contributed by atoms with van der Waals surface area (Å²) in [4.78, 5) is 0. The van der Waals surface area contributed by atoms with Crippen LogP contribution in [0.2, 0.25) is 0 Å². The zero-order chi connectivity index (χ0) is 11.1. The third-order valence-electron chi connectivity index (χ3n) is 3.22. The molecule has 3 aromatic carbocycles.